The summed E-state index contributed by atoms with van der Waals surface area (Å²) in [7, 11) is 1.98. The van der Waals surface area contributed by atoms with E-state index in [0.717, 1.165) is 35.3 Å². The van der Waals surface area contributed by atoms with Crippen LogP contribution in [0.25, 0.3) is 11.1 Å². The van der Waals surface area contributed by atoms with Gasteiger partial charge in [0.15, 0.2) is 0 Å². The number of aliphatic hydroxyl groups excluding tert-OH is 1. The number of halogens is 1. The number of urea groups is 1. The number of carbonyl (C=O) groups excluding carboxylic acids is 1. The molecule has 2 amide bonds. The van der Waals surface area contributed by atoms with Crippen molar-refractivity contribution in [2.45, 2.75) is 50.8 Å². The van der Waals surface area contributed by atoms with Crippen molar-refractivity contribution < 1.29 is 14.3 Å². The first kappa shape index (κ1) is 25.7. The van der Waals surface area contributed by atoms with Gasteiger partial charge in [-0.2, -0.15) is 5.10 Å². The molecule has 4 rings (SSSR count). The molecular formula is C27H35FN6O2. The van der Waals surface area contributed by atoms with Gasteiger partial charge in [-0.1, -0.05) is 18.2 Å². The van der Waals surface area contributed by atoms with Crippen molar-refractivity contribution in [1.29, 1.82) is 0 Å². The molecule has 2 aromatic carbocycles. The molecule has 3 aromatic rings. The number of nitrogens with zero attached hydrogens (tertiary/aromatic N) is 3. The van der Waals surface area contributed by atoms with Crippen LogP contribution in [0.3, 0.4) is 0 Å². The summed E-state index contributed by atoms with van der Waals surface area (Å²) in [5, 5.41) is 20.0. The fourth-order valence-electron chi connectivity index (χ4n) is 4.75. The van der Waals surface area contributed by atoms with Gasteiger partial charge in [0.25, 0.3) is 0 Å². The minimum Gasteiger partial charge on any atom is -0.393 e. The Labute approximate surface area is 211 Å². The number of amides is 2. The minimum absolute atomic E-state index is 0.0414. The lowest BCUT2D eigenvalue weighted by Crippen LogP contribution is -2.44. The predicted octanol–water partition coefficient (Wildman–Crippen LogP) is 4.34. The van der Waals surface area contributed by atoms with Gasteiger partial charge in [0, 0.05) is 37.9 Å². The van der Waals surface area contributed by atoms with E-state index in [4.69, 9.17) is 5.73 Å². The molecule has 1 aliphatic carbocycles. The Hall–Kier alpha value is -3.43. The molecule has 0 aliphatic heterocycles. The number of rotatable bonds is 9. The number of nitrogens with two attached hydrogens (primary N) is 1. The van der Waals surface area contributed by atoms with Crippen molar-refractivity contribution in [2.24, 2.45) is 5.73 Å². The summed E-state index contributed by atoms with van der Waals surface area (Å²) in [5.41, 5.74) is 9.96. The zero-order valence-corrected chi connectivity index (χ0v) is 20.7. The van der Waals surface area contributed by atoms with Gasteiger partial charge in [-0.15, -0.1) is 0 Å². The molecule has 1 aliphatic rings. The third kappa shape index (κ3) is 6.41. The van der Waals surface area contributed by atoms with E-state index in [-0.39, 0.29) is 30.5 Å². The Morgan fingerprint density at radius 1 is 1.19 bits per heavy atom. The lowest BCUT2D eigenvalue weighted by molar-refractivity contribution is 0.0849. The summed E-state index contributed by atoms with van der Waals surface area (Å²) in [6.07, 6.45) is 6.76. The first-order valence-corrected chi connectivity index (χ1v) is 12.5. The molecule has 8 nitrogen and oxygen atoms in total. The molecule has 1 fully saturated rings. The second-order valence-electron chi connectivity index (χ2n) is 9.43. The molecular weight excluding hydrogens is 459 g/mol. The largest absolute Gasteiger partial charge is 0.393 e. The average molecular weight is 495 g/mol. The third-order valence-electron chi connectivity index (χ3n) is 6.79. The second-order valence-corrected chi connectivity index (χ2v) is 9.43. The van der Waals surface area contributed by atoms with Crippen molar-refractivity contribution in [2.75, 3.05) is 30.4 Å². The predicted molar refractivity (Wildman–Crippen MR) is 140 cm³/mol. The molecule has 0 radical (unpaired) electrons. The van der Waals surface area contributed by atoms with Crippen LogP contribution in [0.5, 0.6) is 0 Å². The summed E-state index contributed by atoms with van der Waals surface area (Å²) < 4.78 is 13.9. The number of aliphatic hydroxyl groups is 1. The van der Waals surface area contributed by atoms with Crippen LogP contribution in [0, 0.1) is 5.82 Å². The number of H-pyrrole nitrogens is 1. The smallest absolute Gasteiger partial charge is 0.322 e. The van der Waals surface area contributed by atoms with Crippen molar-refractivity contribution >= 4 is 17.4 Å². The first-order chi connectivity index (χ1) is 17.4. The number of carbonyl (C=O) groups is 1. The van der Waals surface area contributed by atoms with E-state index < -0.39 is 0 Å². The van der Waals surface area contributed by atoms with Gasteiger partial charge in [-0.05, 0) is 74.0 Å². The summed E-state index contributed by atoms with van der Waals surface area (Å²) in [4.78, 5) is 17.5. The molecule has 9 heteroatoms. The Morgan fingerprint density at radius 2 is 2.00 bits per heavy atom. The summed E-state index contributed by atoms with van der Waals surface area (Å²) in [6, 6.07) is 11.9. The van der Waals surface area contributed by atoms with Crippen LogP contribution in [0.4, 0.5) is 20.6 Å². The SMILES string of the molecule is CN(CCCN)c1cc(-c2cn[nH]c2)ccc1NC(=O)N(Cc1cccc(F)c1)C1CCC(O)CC1. The van der Waals surface area contributed by atoms with E-state index in [1.165, 1.54) is 12.1 Å². The quantitative estimate of drug-likeness (QED) is 0.354. The number of anilines is 2. The maximum absolute atomic E-state index is 13.9. The molecule has 0 spiro atoms. The molecule has 192 valence electrons. The van der Waals surface area contributed by atoms with Crippen LogP contribution >= 0.6 is 0 Å². The number of aromatic amines is 1. The first-order valence-electron chi connectivity index (χ1n) is 12.5. The van der Waals surface area contributed by atoms with E-state index in [0.29, 0.717) is 37.9 Å². The third-order valence-corrected chi connectivity index (χ3v) is 6.79. The van der Waals surface area contributed by atoms with Crippen molar-refractivity contribution in [3.05, 3.63) is 66.2 Å². The molecule has 1 heterocycles. The number of nitrogens with one attached hydrogen (secondary N) is 2. The number of aromatic nitrogens is 2. The number of benzene rings is 2. The molecule has 1 aromatic heterocycles. The molecule has 5 N–H and O–H groups in total. The lowest BCUT2D eigenvalue weighted by atomic mass is 9.92. The van der Waals surface area contributed by atoms with Crippen molar-refractivity contribution in [1.82, 2.24) is 15.1 Å². The van der Waals surface area contributed by atoms with Gasteiger partial charge in [-0.3, -0.25) is 5.10 Å². The van der Waals surface area contributed by atoms with Crippen LogP contribution in [0.15, 0.2) is 54.9 Å². The zero-order chi connectivity index (χ0) is 25.5. The van der Waals surface area contributed by atoms with E-state index in [1.807, 2.05) is 37.5 Å². The van der Waals surface area contributed by atoms with E-state index >= 15 is 0 Å². The number of hydrogen-bond donors (Lipinski definition) is 4. The molecule has 1 saturated carbocycles. The molecule has 0 atom stereocenters. The van der Waals surface area contributed by atoms with Crippen LogP contribution in [-0.4, -0.2) is 58.5 Å². The summed E-state index contributed by atoms with van der Waals surface area (Å²) in [5.74, 6) is -0.328. The maximum Gasteiger partial charge on any atom is 0.322 e. The van der Waals surface area contributed by atoms with Gasteiger partial charge in [0.05, 0.1) is 23.7 Å². The average Bonchev–Trinajstić information content (AvgIpc) is 3.42. The van der Waals surface area contributed by atoms with Gasteiger partial charge in [-0.25, -0.2) is 9.18 Å². The van der Waals surface area contributed by atoms with Gasteiger partial charge in [0.1, 0.15) is 5.82 Å². The van der Waals surface area contributed by atoms with Gasteiger partial charge < -0.3 is 26.0 Å². The highest BCUT2D eigenvalue weighted by atomic mass is 19.1. The summed E-state index contributed by atoms with van der Waals surface area (Å²) in [6.45, 7) is 1.60. The molecule has 0 saturated heterocycles. The molecule has 0 unspecified atom stereocenters. The topological polar surface area (TPSA) is 111 Å². The Balaban J connectivity index is 1.61. The number of hydrogen-bond acceptors (Lipinski definition) is 5. The minimum atomic E-state index is -0.335. The highest BCUT2D eigenvalue weighted by molar-refractivity contribution is 5.94. The van der Waals surface area contributed by atoms with Crippen molar-refractivity contribution in [3.8, 4) is 11.1 Å². The lowest BCUT2D eigenvalue weighted by Gasteiger charge is -2.36. The Morgan fingerprint density at radius 3 is 2.69 bits per heavy atom. The fraction of sp³-hybridized carbons (Fsp3) is 0.407. The van der Waals surface area contributed by atoms with E-state index in [9.17, 15) is 14.3 Å². The van der Waals surface area contributed by atoms with Crippen molar-refractivity contribution in [3.63, 3.8) is 0 Å². The maximum atomic E-state index is 13.9. The second kappa shape index (κ2) is 12.0. The monoisotopic (exact) mass is 494 g/mol. The standard InChI is InChI=1S/C27H35FN6O2/c1-33(13-3-12-29)26-15-20(21-16-30-31-17-21)6-11-25(26)32-27(36)34(23-7-9-24(35)10-8-23)18-19-4-2-5-22(28)14-19/h2,4-6,11,14-17,23-24,35H,3,7-10,12-13,18,29H2,1H3,(H,30,31)(H,32,36). The normalized spacial score (nSPS) is 17.6. The fourth-order valence-corrected chi connectivity index (χ4v) is 4.75. The zero-order valence-electron chi connectivity index (χ0n) is 20.7. The Bertz CT molecular complexity index is 1130. The van der Waals surface area contributed by atoms with Crippen LogP contribution in [0.2, 0.25) is 0 Å². The van der Waals surface area contributed by atoms with Crippen LogP contribution in [-0.2, 0) is 6.54 Å². The van der Waals surface area contributed by atoms with Gasteiger partial charge in [0.2, 0.25) is 0 Å². The van der Waals surface area contributed by atoms with Crippen LogP contribution in [0.1, 0.15) is 37.7 Å². The van der Waals surface area contributed by atoms with E-state index in [1.54, 1.807) is 17.2 Å². The Kier molecular flexibility index (Phi) is 8.56. The van der Waals surface area contributed by atoms with E-state index in [2.05, 4.69) is 20.4 Å². The van der Waals surface area contributed by atoms with Crippen LogP contribution < -0.4 is 16.0 Å². The highest BCUT2D eigenvalue weighted by Crippen LogP contribution is 2.32. The molecule has 36 heavy (non-hydrogen) atoms. The van der Waals surface area contributed by atoms with Gasteiger partial charge >= 0.3 is 6.03 Å². The highest BCUT2D eigenvalue weighted by Gasteiger charge is 2.29. The summed E-state index contributed by atoms with van der Waals surface area (Å²) >= 11 is 0. The molecule has 0 bridgehead atoms.